The minimum absolute atomic E-state index is 0.113. The van der Waals surface area contributed by atoms with Gasteiger partial charge in [-0.15, -0.1) is 0 Å². The molecule has 2 aliphatic rings. The van der Waals surface area contributed by atoms with Gasteiger partial charge in [-0.2, -0.15) is 0 Å². The summed E-state index contributed by atoms with van der Waals surface area (Å²) in [6.07, 6.45) is 5.51. The van der Waals surface area contributed by atoms with Crippen molar-refractivity contribution in [3.05, 3.63) is 29.6 Å². The molecule has 0 radical (unpaired) electrons. The van der Waals surface area contributed by atoms with Crippen molar-refractivity contribution in [1.29, 1.82) is 0 Å². The summed E-state index contributed by atoms with van der Waals surface area (Å²) in [5.41, 5.74) is 1.81. The fourth-order valence-electron chi connectivity index (χ4n) is 3.37. The molecule has 1 aromatic carbocycles. The first kappa shape index (κ1) is 10.1. The van der Waals surface area contributed by atoms with Crippen LogP contribution in [0.25, 0.3) is 0 Å². The molecule has 0 saturated heterocycles. The van der Waals surface area contributed by atoms with Crippen molar-refractivity contribution in [1.82, 2.24) is 0 Å². The van der Waals surface area contributed by atoms with E-state index in [0.717, 1.165) is 23.1 Å². The van der Waals surface area contributed by atoms with Gasteiger partial charge in [0.2, 0.25) is 0 Å². The molecule has 1 nitrogen and oxygen atoms in total. The molecule has 3 unspecified atom stereocenters. The number of halogens is 1. The van der Waals surface area contributed by atoms with Crippen LogP contribution in [0.4, 0.5) is 10.1 Å². The maximum Gasteiger partial charge on any atom is 0.126 e. The van der Waals surface area contributed by atoms with Crippen molar-refractivity contribution in [2.75, 3.05) is 5.32 Å². The first-order valence-corrected chi connectivity index (χ1v) is 6.25. The van der Waals surface area contributed by atoms with Gasteiger partial charge < -0.3 is 5.32 Å². The molecule has 0 aliphatic heterocycles. The van der Waals surface area contributed by atoms with Gasteiger partial charge in [0.15, 0.2) is 0 Å². The Balaban J connectivity index is 1.72. The molecule has 3 rings (SSSR count). The lowest BCUT2D eigenvalue weighted by molar-refractivity contribution is 0.439. The third kappa shape index (κ3) is 1.70. The summed E-state index contributed by atoms with van der Waals surface area (Å²) in [4.78, 5) is 0. The molecule has 2 fully saturated rings. The lowest BCUT2D eigenvalue weighted by Gasteiger charge is -2.24. The molecule has 0 spiro atoms. The van der Waals surface area contributed by atoms with E-state index in [4.69, 9.17) is 0 Å². The van der Waals surface area contributed by atoms with Gasteiger partial charge in [-0.05, 0) is 61.8 Å². The van der Waals surface area contributed by atoms with E-state index in [9.17, 15) is 4.39 Å². The Labute approximate surface area is 96.1 Å². The first-order chi connectivity index (χ1) is 7.72. The molecule has 1 aromatic rings. The second-order valence-electron chi connectivity index (χ2n) is 5.39. The van der Waals surface area contributed by atoms with E-state index in [1.165, 1.54) is 25.7 Å². The van der Waals surface area contributed by atoms with Crippen molar-refractivity contribution in [2.24, 2.45) is 11.8 Å². The van der Waals surface area contributed by atoms with Crippen LogP contribution in [0.15, 0.2) is 18.2 Å². The fourth-order valence-corrected chi connectivity index (χ4v) is 3.37. The number of nitrogens with one attached hydrogen (secondary N) is 1. The van der Waals surface area contributed by atoms with Gasteiger partial charge >= 0.3 is 0 Å². The van der Waals surface area contributed by atoms with Gasteiger partial charge in [0.1, 0.15) is 5.82 Å². The molecule has 2 saturated carbocycles. The van der Waals surface area contributed by atoms with Crippen molar-refractivity contribution in [2.45, 2.75) is 38.6 Å². The molecule has 2 heteroatoms. The zero-order valence-corrected chi connectivity index (χ0v) is 9.67. The normalized spacial score (nSPS) is 32.0. The summed E-state index contributed by atoms with van der Waals surface area (Å²) in [6, 6.07) is 5.96. The molecule has 3 atom stereocenters. The molecule has 1 N–H and O–H groups in total. The molecule has 2 aliphatic carbocycles. The van der Waals surface area contributed by atoms with Crippen molar-refractivity contribution >= 4 is 5.69 Å². The third-order valence-electron chi connectivity index (χ3n) is 4.25. The third-order valence-corrected chi connectivity index (χ3v) is 4.25. The molecule has 0 heterocycles. The summed E-state index contributed by atoms with van der Waals surface area (Å²) in [7, 11) is 0. The fraction of sp³-hybridized carbons (Fsp3) is 0.571. The zero-order chi connectivity index (χ0) is 11.1. The lowest BCUT2D eigenvalue weighted by Crippen LogP contribution is -2.25. The molecule has 0 aromatic heterocycles. The van der Waals surface area contributed by atoms with Crippen molar-refractivity contribution in [3.8, 4) is 0 Å². The monoisotopic (exact) mass is 219 g/mol. The van der Waals surface area contributed by atoms with Crippen LogP contribution in [-0.4, -0.2) is 6.04 Å². The Kier molecular flexibility index (Phi) is 2.38. The Morgan fingerprint density at radius 1 is 1.25 bits per heavy atom. The van der Waals surface area contributed by atoms with E-state index in [1.54, 1.807) is 6.07 Å². The standard InChI is InChI=1S/C14H18FN/c1-9-6-12(4-5-13(9)15)16-14-8-10-2-3-11(14)7-10/h4-6,10-11,14,16H,2-3,7-8H2,1H3. The quantitative estimate of drug-likeness (QED) is 0.799. The van der Waals surface area contributed by atoms with Crippen LogP contribution in [0.5, 0.6) is 0 Å². The second kappa shape index (κ2) is 3.76. The number of aryl methyl sites for hydroxylation is 1. The van der Waals surface area contributed by atoms with E-state index < -0.39 is 0 Å². The predicted octanol–water partition coefficient (Wildman–Crippen LogP) is 3.73. The topological polar surface area (TPSA) is 12.0 Å². The Hall–Kier alpha value is -1.05. The molecule has 2 bridgehead atoms. The molecule has 0 amide bonds. The molecular formula is C14H18FN. The van der Waals surface area contributed by atoms with Gasteiger partial charge in [-0.3, -0.25) is 0 Å². The Bertz CT molecular complexity index is 402. The average molecular weight is 219 g/mol. The van der Waals surface area contributed by atoms with Gasteiger partial charge in [0.25, 0.3) is 0 Å². The minimum Gasteiger partial charge on any atom is -0.382 e. The number of benzene rings is 1. The summed E-state index contributed by atoms with van der Waals surface area (Å²) in [5, 5.41) is 3.57. The maximum absolute atomic E-state index is 13.1. The van der Waals surface area contributed by atoms with E-state index in [1.807, 2.05) is 19.1 Å². The van der Waals surface area contributed by atoms with E-state index >= 15 is 0 Å². The van der Waals surface area contributed by atoms with E-state index in [2.05, 4.69) is 5.32 Å². The van der Waals surface area contributed by atoms with Crippen LogP contribution in [0.1, 0.15) is 31.2 Å². The average Bonchev–Trinajstić information content (AvgIpc) is 2.85. The number of rotatable bonds is 2. The summed E-state index contributed by atoms with van der Waals surface area (Å²) >= 11 is 0. The van der Waals surface area contributed by atoms with Crippen LogP contribution in [0.3, 0.4) is 0 Å². The summed E-state index contributed by atoms with van der Waals surface area (Å²) in [5.74, 6) is 1.69. The van der Waals surface area contributed by atoms with Crippen molar-refractivity contribution < 1.29 is 4.39 Å². The van der Waals surface area contributed by atoms with Gasteiger partial charge in [0, 0.05) is 11.7 Å². The number of hydrogen-bond acceptors (Lipinski definition) is 1. The minimum atomic E-state index is -0.113. The molecule has 86 valence electrons. The molecular weight excluding hydrogens is 201 g/mol. The Morgan fingerprint density at radius 2 is 2.12 bits per heavy atom. The van der Waals surface area contributed by atoms with E-state index in [-0.39, 0.29) is 5.82 Å². The van der Waals surface area contributed by atoms with Gasteiger partial charge in [-0.25, -0.2) is 4.39 Å². The van der Waals surface area contributed by atoms with Crippen LogP contribution in [-0.2, 0) is 0 Å². The van der Waals surface area contributed by atoms with Crippen LogP contribution in [0.2, 0.25) is 0 Å². The SMILES string of the molecule is Cc1cc(NC2CC3CCC2C3)ccc1F. The highest BCUT2D eigenvalue weighted by Gasteiger charge is 2.39. The van der Waals surface area contributed by atoms with E-state index in [0.29, 0.717) is 6.04 Å². The zero-order valence-electron chi connectivity index (χ0n) is 9.67. The second-order valence-corrected chi connectivity index (χ2v) is 5.39. The van der Waals surface area contributed by atoms with Crippen LogP contribution >= 0.6 is 0 Å². The highest BCUT2D eigenvalue weighted by Crippen LogP contribution is 2.45. The van der Waals surface area contributed by atoms with Gasteiger partial charge in [-0.1, -0.05) is 6.42 Å². The molecule has 16 heavy (non-hydrogen) atoms. The highest BCUT2D eigenvalue weighted by molar-refractivity contribution is 5.47. The highest BCUT2D eigenvalue weighted by atomic mass is 19.1. The summed E-state index contributed by atoms with van der Waals surface area (Å²) < 4.78 is 13.1. The number of fused-ring (bicyclic) bond motifs is 2. The number of anilines is 1. The number of hydrogen-bond donors (Lipinski definition) is 1. The smallest absolute Gasteiger partial charge is 0.126 e. The van der Waals surface area contributed by atoms with Crippen molar-refractivity contribution in [3.63, 3.8) is 0 Å². The van der Waals surface area contributed by atoms with Crippen LogP contribution < -0.4 is 5.32 Å². The predicted molar refractivity (Wildman–Crippen MR) is 64.0 cm³/mol. The first-order valence-electron chi connectivity index (χ1n) is 6.25. The summed E-state index contributed by atoms with van der Waals surface area (Å²) in [6.45, 7) is 1.82. The van der Waals surface area contributed by atoms with Gasteiger partial charge in [0.05, 0.1) is 0 Å². The maximum atomic E-state index is 13.1. The lowest BCUT2D eigenvalue weighted by atomic mass is 9.95. The largest absolute Gasteiger partial charge is 0.382 e. The van der Waals surface area contributed by atoms with Crippen LogP contribution in [0, 0.1) is 24.6 Å². The Morgan fingerprint density at radius 3 is 2.75 bits per heavy atom.